The molecule has 0 aliphatic rings. The minimum absolute atomic E-state index is 0.0326. The highest BCUT2D eigenvalue weighted by Gasteiger charge is 2.08. The highest BCUT2D eigenvalue weighted by atomic mass is 16.1. The number of rotatable bonds is 3. The highest BCUT2D eigenvalue weighted by molar-refractivity contribution is 6.09. The van der Waals surface area contributed by atoms with Gasteiger partial charge in [0.05, 0.1) is 5.69 Å². The summed E-state index contributed by atoms with van der Waals surface area (Å²) < 4.78 is 0. The molecular formula is C14H14N3O+. The lowest BCUT2D eigenvalue weighted by atomic mass is 10.0. The summed E-state index contributed by atoms with van der Waals surface area (Å²) in [5.74, 6) is 0.0640. The Kier molecular flexibility index (Phi) is 3.38. The fourth-order valence-corrected chi connectivity index (χ4v) is 1.66. The van der Waals surface area contributed by atoms with E-state index in [0.717, 1.165) is 0 Å². The van der Waals surface area contributed by atoms with Crippen LogP contribution < -0.4 is 16.5 Å². The molecule has 0 aliphatic heterocycles. The summed E-state index contributed by atoms with van der Waals surface area (Å²) in [6.45, 7) is 0. The van der Waals surface area contributed by atoms with Crippen LogP contribution in [0.15, 0.2) is 54.6 Å². The van der Waals surface area contributed by atoms with Gasteiger partial charge in [0.15, 0.2) is 5.78 Å². The second-order valence-corrected chi connectivity index (χ2v) is 3.86. The summed E-state index contributed by atoms with van der Waals surface area (Å²) in [5, 5.41) is 0. The highest BCUT2D eigenvalue weighted by Crippen LogP contribution is 2.11. The third-order valence-electron chi connectivity index (χ3n) is 2.45. The van der Waals surface area contributed by atoms with Gasteiger partial charge < -0.3 is 0 Å². The number of carbonyl (C=O) groups excluding carboxylic acids is 1. The molecule has 4 nitrogen and oxygen atoms in total. The Morgan fingerprint density at radius 2 is 1.56 bits per heavy atom. The standard InChI is InChI=1S/C14H13N3O/c15-14(16)17-12-8-4-7-11(9-12)13(18)10-5-2-1-3-6-10/h1-9H,(H4,15,16,17)/p+1. The zero-order chi connectivity index (χ0) is 13.0. The summed E-state index contributed by atoms with van der Waals surface area (Å²) in [5.41, 5.74) is 12.7. The zero-order valence-electron chi connectivity index (χ0n) is 9.76. The molecule has 2 rings (SSSR count). The van der Waals surface area contributed by atoms with Crippen LogP contribution in [0.3, 0.4) is 0 Å². The molecule has 0 amide bonds. The molecule has 0 bridgehead atoms. The first-order chi connectivity index (χ1) is 8.66. The molecule has 2 aromatic carbocycles. The number of hydrogen-bond acceptors (Lipinski definition) is 1. The van der Waals surface area contributed by atoms with Gasteiger partial charge in [-0.2, -0.15) is 0 Å². The summed E-state index contributed by atoms with van der Waals surface area (Å²) >= 11 is 0. The van der Waals surface area contributed by atoms with Crippen molar-refractivity contribution in [1.29, 1.82) is 0 Å². The first-order valence-electron chi connectivity index (χ1n) is 5.51. The first-order valence-corrected chi connectivity index (χ1v) is 5.51. The molecule has 0 heterocycles. The molecule has 90 valence electrons. The summed E-state index contributed by atoms with van der Waals surface area (Å²) in [4.78, 5) is 15.0. The molecule has 0 aromatic heterocycles. The van der Waals surface area contributed by atoms with Crippen molar-refractivity contribution in [2.45, 2.75) is 0 Å². The Morgan fingerprint density at radius 3 is 2.22 bits per heavy atom. The number of nitrogens with one attached hydrogen (secondary N) is 1. The number of ketones is 1. The SMILES string of the molecule is NC(N)=[NH+]c1cccc(C(=O)c2ccccc2)c1. The molecule has 0 fully saturated rings. The average Bonchev–Trinajstić information content (AvgIpc) is 2.38. The number of benzene rings is 2. The van der Waals surface area contributed by atoms with Crippen LogP contribution in [0.2, 0.25) is 0 Å². The molecule has 0 saturated carbocycles. The van der Waals surface area contributed by atoms with Gasteiger partial charge >= 0.3 is 5.96 Å². The van der Waals surface area contributed by atoms with Crippen LogP contribution in [0.1, 0.15) is 15.9 Å². The Balaban J connectivity index is 2.35. The van der Waals surface area contributed by atoms with Crippen LogP contribution in [0, 0.1) is 0 Å². The maximum atomic E-state index is 12.2. The molecule has 0 radical (unpaired) electrons. The predicted octanol–water partition coefficient (Wildman–Crippen LogP) is -0.0969. The molecule has 0 saturated heterocycles. The molecule has 18 heavy (non-hydrogen) atoms. The quantitative estimate of drug-likeness (QED) is 0.398. The van der Waals surface area contributed by atoms with E-state index in [0.29, 0.717) is 16.8 Å². The van der Waals surface area contributed by atoms with Gasteiger partial charge in [-0.25, -0.2) is 4.99 Å². The van der Waals surface area contributed by atoms with E-state index in [1.54, 1.807) is 36.4 Å². The van der Waals surface area contributed by atoms with E-state index < -0.39 is 0 Å². The van der Waals surface area contributed by atoms with Gasteiger partial charge in [0, 0.05) is 11.1 Å². The molecule has 2 aromatic rings. The zero-order valence-corrected chi connectivity index (χ0v) is 9.76. The van der Waals surface area contributed by atoms with E-state index in [2.05, 4.69) is 4.99 Å². The minimum atomic E-state index is -0.0326. The smallest absolute Gasteiger partial charge is 0.291 e. The first kappa shape index (κ1) is 11.9. The number of nitrogens with two attached hydrogens (primary N) is 2. The predicted molar refractivity (Wildman–Crippen MR) is 70.3 cm³/mol. The lowest BCUT2D eigenvalue weighted by Gasteiger charge is -2.01. The lowest BCUT2D eigenvalue weighted by Crippen LogP contribution is -2.72. The van der Waals surface area contributed by atoms with E-state index in [1.807, 2.05) is 18.2 Å². The Labute approximate surface area is 105 Å². The Hall–Kier alpha value is -2.62. The number of hydrogen-bond donors (Lipinski definition) is 3. The second kappa shape index (κ2) is 5.14. The van der Waals surface area contributed by atoms with Crippen LogP contribution in [0.25, 0.3) is 0 Å². The van der Waals surface area contributed by atoms with E-state index in [1.165, 1.54) is 0 Å². The van der Waals surface area contributed by atoms with E-state index in [-0.39, 0.29) is 11.7 Å². The number of carbonyl (C=O) groups is 1. The van der Waals surface area contributed by atoms with E-state index in [9.17, 15) is 4.79 Å². The fraction of sp³-hybridized carbons (Fsp3) is 0. The monoisotopic (exact) mass is 240 g/mol. The van der Waals surface area contributed by atoms with Crippen molar-refractivity contribution in [3.8, 4) is 0 Å². The molecule has 0 spiro atoms. The summed E-state index contributed by atoms with van der Waals surface area (Å²) in [6.07, 6.45) is 0. The van der Waals surface area contributed by atoms with Crippen molar-refractivity contribution in [2.75, 3.05) is 0 Å². The van der Waals surface area contributed by atoms with Gasteiger partial charge in [-0.15, -0.1) is 0 Å². The van der Waals surface area contributed by atoms with Gasteiger partial charge in [0.25, 0.3) is 0 Å². The van der Waals surface area contributed by atoms with Crippen LogP contribution in [0.4, 0.5) is 5.69 Å². The van der Waals surface area contributed by atoms with Gasteiger partial charge in [-0.1, -0.05) is 42.5 Å². The van der Waals surface area contributed by atoms with Crippen molar-refractivity contribution in [1.82, 2.24) is 0 Å². The molecule has 0 aliphatic carbocycles. The van der Waals surface area contributed by atoms with Crippen LogP contribution in [0.5, 0.6) is 0 Å². The number of guanidine groups is 1. The van der Waals surface area contributed by atoms with Crippen LogP contribution >= 0.6 is 0 Å². The van der Waals surface area contributed by atoms with E-state index >= 15 is 0 Å². The third-order valence-corrected chi connectivity index (χ3v) is 2.45. The van der Waals surface area contributed by atoms with Crippen LogP contribution in [-0.4, -0.2) is 11.7 Å². The average molecular weight is 240 g/mol. The van der Waals surface area contributed by atoms with Gasteiger partial charge in [0.1, 0.15) is 0 Å². The maximum absolute atomic E-state index is 12.2. The van der Waals surface area contributed by atoms with E-state index in [4.69, 9.17) is 11.5 Å². The van der Waals surface area contributed by atoms with Gasteiger partial charge in [-0.3, -0.25) is 16.3 Å². The van der Waals surface area contributed by atoms with Crippen molar-refractivity contribution in [2.24, 2.45) is 11.5 Å². The summed E-state index contributed by atoms with van der Waals surface area (Å²) in [6, 6.07) is 16.2. The Morgan fingerprint density at radius 1 is 0.889 bits per heavy atom. The third kappa shape index (κ3) is 2.74. The van der Waals surface area contributed by atoms with Crippen molar-refractivity contribution < 1.29 is 9.79 Å². The lowest BCUT2D eigenvalue weighted by molar-refractivity contribution is -0.356. The van der Waals surface area contributed by atoms with Crippen molar-refractivity contribution in [3.63, 3.8) is 0 Å². The van der Waals surface area contributed by atoms with Crippen molar-refractivity contribution >= 4 is 17.4 Å². The van der Waals surface area contributed by atoms with Crippen molar-refractivity contribution in [3.05, 3.63) is 65.7 Å². The topological polar surface area (TPSA) is 83.1 Å². The minimum Gasteiger partial charge on any atom is -0.291 e. The molecule has 0 unspecified atom stereocenters. The second-order valence-electron chi connectivity index (χ2n) is 3.86. The Bertz CT molecular complexity index is 587. The van der Waals surface area contributed by atoms with Crippen LogP contribution in [-0.2, 0) is 0 Å². The van der Waals surface area contributed by atoms with Gasteiger partial charge in [0.2, 0.25) is 0 Å². The normalized spacial score (nSPS) is 9.78. The molecule has 4 heteroatoms. The molecule has 0 atom stereocenters. The molecule has 5 N–H and O–H groups in total. The molecular weight excluding hydrogens is 226 g/mol. The maximum Gasteiger partial charge on any atom is 0.343 e. The fourth-order valence-electron chi connectivity index (χ4n) is 1.66. The summed E-state index contributed by atoms with van der Waals surface area (Å²) in [7, 11) is 0. The van der Waals surface area contributed by atoms with Gasteiger partial charge in [-0.05, 0) is 12.1 Å². The largest absolute Gasteiger partial charge is 0.343 e.